The topological polar surface area (TPSA) is 103 Å². The highest BCUT2D eigenvalue weighted by atomic mass is 16.6. The van der Waals surface area contributed by atoms with Crippen LogP contribution in [0.4, 0.5) is 10.7 Å². The first kappa shape index (κ1) is 33.5. The second-order valence-corrected chi connectivity index (χ2v) is 15.8. The van der Waals surface area contributed by atoms with Gasteiger partial charge in [0.25, 0.3) is 0 Å². The van der Waals surface area contributed by atoms with E-state index in [-0.39, 0.29) is 40.9 Å². The lowest BCUT2D eigenvalue weighted by atomic mass is 9.51. The Balaban J connectivity index is 1.10. The van der Waals surface area contributed by atoms with E-state index in [2.05, 4.69) is 51.0 Å². The fraction of sp³-hybridized carbons (Fsp3) is 0.615. The van der Waals surface area contributed by atoms with E-state index in [9.17, 15) is 9.59 Å². The molecule has 3 heterocycles. The molecule has 4 aliphatic carbocycles. The van der Waals surface area contributed by atoms with E-state index in [1.54, 1.807) is 18.2 Å². The third kappa shape index (κ3) is 6.67. The van der Waals surface area contributed by atoms with E-state index >= 15 is 0 Å². The number of hydrogen-bond donors (Lipinski definition) is 0. The number of benzene rings is 1. The second kappa shape index (κ2) is 13.4. The van der Waals surface area contributed by atoms with Crippen molar-refractivity contribution in [1.29, 1.82) is 0 Å². The predicted octanol–water partition coefficient (Wildman–Crippen LogP) is 7.51. The number of anilines is 1. The lowest BCUT2D eigenvalue weighted by molar-refractivity contribution is -0.124. The molecule has 1 aromatic carbocycles. The van der Waals surface area contributed by atoms with Gasteiger partial charge in [-0.3, -0.25) is 14.4 Å². The summed E-state index contributed by atoms with van der Waals surface area (Å²) in [5, 5.41) is 4.53. The molecule has 49 heavy (non-hydrogen) atoms. The smallest absolute Gasteiger partial charge is 0.410 e. The summed E-state index contributed by atoms with van der Waals surface area (Å²) in [6.45, 7) is 10.6. The number of fused-ring (bicyclic) bond motifs is 3. The lowest BCUT2D eigenvalue weighted by Crippen LogP contribution is -2.52. The first-order valence-electron chi connectivity index (χ1n) is 18.4. The van der Waals surface area contributed by atoms with Crippen LogP contribution < -0.4 is 9.64 Å². The molecular weight excluding hydrogens is 616 g/mol. The molecule has 0 spiro atoms. The Morgan fingerprint density at radius 3 is 2.35 bits per heavy atom. The van der Waals surface area contributed by atoms with Crippen molar-refractivity contribution in [2.24, 2.45) is 17.3 Å². The van der Waals surface area contributed by atoms with Gasteiger partial charge in [-0.25, -0.2) is 14.8 Å². The van der Waals surface area contributed by atoms with Crippen molar-refractivity contribution in [1.82, 2.24) is 24.6 Å². The molecule has 8 rings (SSSR count). The summed E-state index contributed by atoms with van der Waals surface area (Å²) >= 11 is 0. The normalized spacial score (nSPS) is 26.8. The van der Waals surface area contributed by atoms with Crippen molar-refractivity contribution in [2.75, 3.05) is 31.6 Å². The molecule has 2 bridgehead atoms. The van der Waals surface area contributed by atoms with Crippen molar-refractivity contribution in [3.63, 3.8) is 0 Å². The van der Waals surface area contributed by atoms with Gasteiger partial charge in [0.15, 0.2) is 0 Å². The number of amides is 2. The number of aromatic nitrogens is 4. The van der Waals surface area contributed by atoms with Gasteiger partial charge in [-0.2, -0.15) is 5.10 Å². The second-order valence-electron chi connectivity index (χ2n) is 15.8. The minimum Gasteiger partial charge on any atom is -0.496 e. The molecule has 2 aromatic heterocycles. The molecule has 1 aliphatic heterocycles. The Hall–Kier alpha value is -3.95. The monoisotopic (exact) mass is 668 g/mol. The Labute approximate surface area is 290 Å². The molecule has 0 atom stereocenters. The molecule has 1 saturated heterocycles. The molecule has 0 unspecified atom stereocenters. The van der Waals surface area contributed by atoms with Crippen molar-refractivity contribution in [2.45, 2.75) is 109 Å². The highest BCUT2D eigenvalue weighted by Gasteiger charge is 2.51. The van der Waals surface area contributed by atoms with E-state index in [0.717, 1.165) is 68.6 Å². The van der Waals surface area contributed by atoms with Crippen LogP contribution in [-0.2, 0) is 14.9 Å². The molecule has 0 N–H and O–H groups in total. The summed E-state index contributed by atoms with van der Waals surface area (Å²) in [5.74, 6) is 1.89. The molecule has 10 nitrogen and oxygen atoms in total. The average Bonchev–Trinajstić information content (AvgIpc) is 3.61. The van der Waals surface area contributed by atoms with Crippen LogP contribution in [-0.4, -0.2) is 69.5 Å². The van der Waals surface area contributed by atoms with Gasteiger partial charge in [-0.1, -0.05) is 19.1 Å². The quantitative estimate of drug-likeness (QED) is 0.233. The van der Waals surface area contributed by atoms with Crippen LogP contribution in [0.15, 0.2) is 42.9 Å². The molecule has 5 fully saturated rings. The van der Waals surface area contributed by atoms with Crippen molar-refractivity contribution in [3.05, 3.63) is 54.0 Å². The summed E-state index contributed by atoms with van der Waals surface area (Å²) in [5.41, 5.74) is 4.50. The van der Waals surface area contributed by atoms with Gasteiger partial charge in [0.1, 0.15) is 11.9 Å². The summed E-state index contributed by atoms with van der Waals surface area (Å²) in [6.07, 6.45) is 14.6. The van der Waals surface area contributed by atoms with Crippen LogP contribution in [0.2, 0.25) is 0 Å². The van der Waals surface area contributed by atoms with Crippen LogP contribution in [0.3, 0.4) is 0 Å². The zero-order chi connectivity index (χ0) is 34.3. The van der Waals surface area contributed by atoms with Crippen molar-refractivity contribution < 1.29 is 19.1 Å². The first-order chi connectivity index (χ1) is 23.6. The number of ether oxygens (including phenoxy) is 2. The van der Waals surface area contributed by atoms with Gasteiger partial charge in [0, 0.05) is 49.6 Å². The van der Waals surface area contributed by atoms with Crippen LogP contribution >= 0.6 is 0 Å². The maximum atomic E-state index is 14.6. The minimum absolute atomic E-state index is 0.0297. The SMILES string of the molecule is COc1ccc(C23CCC(CN(C(=O)C4CCC(OC(=O)N5CC(C)C5)CC4)c4nccc(-c5cnn(C(C)C)c5)n4)(CC2)CC3)cc1C. The van der Waals surface area contributed by atoms with E-state index in [1.807, 2.05) is 28.0 Å². The zero-order valence-electron chi connectivity index (χ0n) is 29.9. The molecule has 262 valence electrons. The van der Waals surface area contributed by atoms with E-state index in [4.69, 9.17) is 19.4 Å². The number of aryl methyl sites for hydroxylation is 1. The van der Waals surface area contributed by atoms with Crippen LogP contribution in [0.25, 0.3) is 11.3 Å². The van der Waals surface area contributed by atoms with Crippen LogP contribution in [0.5, 0.6) is 5.75 Å². The average molecular weight is 669 g/mol. The van der Waals surface area contributed by atoms with Crippen molar-refractivity contribution >= 4 is 17.9 Å². The minimum atomic E-state index is -0.213. The summed E-state index contributed by atoms with van der Waals surface area (Å²) in [7, 11) is 1.73. The van der Waals surface area contributed by atoms with E-state index < -0.39 is 0 Å². The van der Waals surface area contributed by atoms with Crippen LogP contribution in [0, 0.1) is 24.2 Å². The number of rotatable bonds is 9. The number of methoxy groups -OCH3 is 1. The zero-order valence-corrected chi connectivity index (χ0v) is 29.9. The van der Waals surface area contributed by atoms with E-state index in [1.165, 1.54) is 11.1 Å². The van der Waals surface area contributed by atoms with Gasteiger partial charge in [-0.15, -0.1) is 0 Å². The van der Waals surface area contributed by atoms with Crippen LogP contribution in [0.1, 0.15) is 102 Å². The van der Waals surface area contributed by atoms with Gasteiger partial charge in [0.05, 0.1) is 19.0 Å². The van der Waals surface area contributed by atoms with Crippen molar-refractivity contribution in [3.8, 4) is 17.0 Å². The summed E-state index contributed by atoms with van der Waals surface area (Å²) in [6, 6.07) is 8.84. The maximum Gasteiger partial charge on any atom is 0.410 e. The molecule has 10 heteroatoms. The Bertz CT molecular complexity index is 1650. The predicted molar refractivity (Wildman–Crippen MR) is 188 cm³/mol. The van der Waals surface area contributed by atoms with Gasteiger partial charge < -0.3 is 14.4 Å². The third-order valence-corrected chi connectivity index (χ3v) is 12.1. The Kier molecular flexibility index (Phi) is 9.17. The third-order valence-electron chi connectivity index (χ3n) is 12.1. The Morgan fingerprint density at radius 1 is 1.02 bits per heavy atom. The molecule has 0 radical (unpaired) electrons. The molecule has 3 aromatic rings. The van der Waals surface area contributed by atoms with Gasteiger partial charge in [-0.05, 0) is 125 Å². The molecular formula is C39H52N6O4. The number of carbonyl (C=O) groups excluding carboxylic acids is 2. The molecule has 4 saturated carbocycles. The van der Waals surface area contributed by atoms with Gasteiger partial charge in [0.2, 0.25) is 11.9 Å². The number of likely N-dealkylation sites (tertiary alicyclic amines) is 1. The fourth-order valence-electron chi connectivity index (χ4n) is 8.83. The molecule has 5 aliphatic rings. The van der Waals surface area contributed by atoms with Gasteiger partial charge >= 0.3 is 6.09 Å². The highest BCUT2D eigenvalue weighted by Crippen LogP contribution is 2.58. The standard InChI is InChI=1S/C39H52N6O4/c1-26(2)45-24-30(21-41-45)33-12-19-40-36(42-33)44(35(46)29-6-9-32(10-7-29)49-37(47)43-22-27(3)23-43)25-38-13-16-39(17-14-38,18-15-38)31-8-11-34(48-5)28(4)20-31/h8,11-12,19-21,24,26-27,29,32H,6-7,9-10,13-18,22-23,25H2,1-5H3. The first-order valence-corrected chi connectivity index (χ1v) is 18.4. The molecule has 2 amide bonds. The Morgan fingerprint density at radius 2 is 1.73 bits per heavy atom. The number of carbonyl (C=O) groups is 2. The number of nitrogens with zero attached hydrogens (tertiary/aromatic N) is 6. The fourth-order valence-corrected chi connectivity index (χ4v) is 8.83. The largest absolute Gasteiger partial charge is 0.496 e. The lowest BCUT2D eigenvalue weighted by Gasteiger charge is -2.55. The van der Waals surface area contributed by atoms with E-state index in [0.29, 0.717) is 44.1 Å². The maximum absolute atomic E-state index is 14.6. The summed E-state index contributed by atoms with van der Waals surface area (Å²) < 4.78 is 13.3. The number of hydrogen-bond acceptors (Lipinski definition) is 7. The summed E-state index contributed by atoms with van der Waals surface area (Å²) in [4.78, 5) is 40.6. The highest BCUT2D eigenvalue weighted by molar-refractivity contribution is 5.93.